The highest BCUT2D eigenvalue weighted by molar-refractivity contribution is 6.65. The highest BCUT2D eigenvalue weighted by Gasteiger charge is 2.42. The highest BCUT2D eigenvalue weighted by Crippen LogP contribution is 2.66. The van der Waals surface area contributed by atoms with Crippen LogP contribution in [0.2, 0.25) is 0 Å². The summed E-state index contributed by atoms with van der Waals surface area (Å²) in [7, 11) is 0. The zero-order chi connectivity index (χ0) is 62.8. The van der Waals surface area contributed by atoms with Crippen LogP contribution >= 0.6 is 0 Å². The van der Waals surface area contributed by atoms with E-state index in [2.05, 4.69) is 107 Å². The van der Waals surface area contributed by atoms with Crippen LogP contribution in [-0.4, -0.2) is 30.8 Å². The summed E-state index contributed by atoms with van der Waals surface area (Å²) in [6.45, 7) is 33.5. The lowest BCUT2D eigenvalue weighted by molar-refractivity contribution is 0.0938. The number of carbonyl (C=O) groups is 1. The molecule has 0 saturated carbocycles. The summed E-state index contributed by atoms with van der Waals surface area (Å²) in [5.74, 6) is -0.404. The first-order valence-electron chi connectivity index (χ1n) is 32.0. The molecule has 0 saturated heterocycles. The minimum atomic E-state index is -0.545. The Hall–Kier alpha value is -12.0. The second kappa shape index (κ2) is 13.8. The van der Waals surface area contributed by atoms with Gasteiger partial charge in [-0.25, -0.2) is 0 Å². The second-order valence-electron chi connectivity index (χ2n) is 28.6. The number of hydrogen-bond acceptors (Lipinski definition) is 6. The molecule has 0 radical (unpaired) electrons. The van der Waals surface area contributed by atoms with Crippen molar-refractivity contribution in [3.63, 3.8) is 0 Å². The van der Waals surface area contributed by atoms with Crippen LogP contribution in [0, 0.1) is 20.8 Å². The third-order valence-corrected chi connectivity index (χ3v) is 24.6. The van der Waals surface area contributed by atoms with Crippen LogP contribution in [-0.2, 0) is 0 Å². The monoisotopic (exact) mass is 1210 g/mol. The van der Waals surface area contributed by atoms with Crippen molar-refractivity contribution < 1.29 is 4.79 Å². The first kappa shape index (κ1) is 47.9. The van der Waals surface area contributed by atoms with E-state index in [-0.39, 0.29) is 39.6 Å². The molecular weight excluding hydrogens is 1160 g/mol. The minimum absolute atomic E-state index is 0.190. The largest absolute Gasteiger partial charge is 0.345 e. The molecule has 0 bridgehead atoms. The molecule has 0 fully saturated rings. The van der Waals surface area contributed by atoms with E-state index < -0.39 is 6.04 Å². The lowest BCUT2D eigenvalue weighted by Gasteiger charge is -2.36. The molecular formula is C82H42N6O6. The van der Waals surface area contributed by atoms with Gasteiger partial charge in [-0.15, -0.1) is 0 Å². The number of amides is 1. The van der Waals surface area contributed by atoms with Gasteiger partial charge in [0.2, 0.25) is 0 Å². The predicted molar refractivity (Wildman–Crippen MR) is 389 cm³/mol. The van der Waals surface area contributed by atoms with Crippen molar-refractivity contribution in [2.75, 3.05) is 0 Å². The first-order chi connectivity index (χ1) is 45.3. The molecule has 1 aliphatic heterocycles. The van der Waals surface area contributed by atoms with E-state index >= 15 is 24.0 Å². The summed E-state index contributed by atoms with van der Waals surface area (Å²) >= 11 is 0. The topological polar surface area (TPSA) is 193 Å². The Morgan fingerprint density at radius 3 is 1.29 bits per heavy atom. The van der Waals surface area contributed by atoms with Gasteiger partial charge in [0.15, 0.2) is 0 Å². The van der Waals surface area contributed by atoms with E-state index in [1.165, 1.54) is 0 Å². The predicted octanol–water partition coefficient (Wildman–Crippen LogP) is 12.1. The van der Waals surface area contributed by atoms with Crippen molar-refractivity contribution in [2.24, 2.45) is 0 Å². The number of H-pyrrole nitrogens is 5. The number of aryl methyl sites for hydroxylation is 3. The smallest absolute Gasteiger partial charge is 0.256 e. The molecule has 2 unspecified atom stereocenters. The van der Waals surface area contributed by atoms with Crippen LogP contribution in [0.5, 0.6) is 0 Å². The molecule has 94 heavy (non-hydrogen) atoms. The standard InChI is InChI=1S/C82H42N6O6/c1-19-12-32-42-20(2)11-29-23(5)84-81(93)75-48(29)63(42)69-55-36(17-39-60(53(32)55)41(19)26(8)86-78(39)90)50-46-28(10)88-79(91)40-18-37-51-45-27(9)87-77(89)38-14-21(3)43-33-13-22(4)44-47-30(24(6)83-80(44)92)15-34-54(52(33)47)70(64(43)61(38)45)67(51)74-58(34)76-49-31(25(7)85-82(76)94)16-35-56-65(49)71(74)57(37)66(62(40)46)72(56)68(50)73(69)59(35)75/h11,13-18,27,32H,5-8,10,12H2,1-4,9H3,(H,83,92)(H,84,93)(H,85,94)(H,86,90)(H,87,89)(H,88,91). The lowest BCUT2D eigenvalue weighted by Crippen LogP contribution is -2.38. The lowest BCUT2D eigenvalue weighted by atomic mass is 9.66. The summed E-state index contributed by atoms with van der Waals surface area (Å²) in [5, 5.41) is 40.4. The number of rotatable bonds is 0. The number of nitrogens with one attached hydrogen (secondary N) is 6. The SMILES string of the molecule is C=c1[nH]c(=O)c2cc3c4c5c2c1=C(C)CC5c1c(C)cc2c(=C)[nH]c(=O)c5c2c1c4c1c5c2cc4c(=C)[nH]c(=O)c5c4c4c2c2c6c7c(cc8c9c%10c%11c(cc(C)c%12c%13cc(C)c%14c(=O)[nH]c(=C)c%15cc%16c5c(c9c(c%11%12)c%16c%13c%15%14)c4c86)C(=O)NC%10C)c(=O)[nH]c(=C)c7c3c12. The average Bonchev–Trinajstić information content (AvgIpc) is 0.629. The van der Waals surface area contributed by atoms with Crippen LogP contribution in [0.3, 0.4) is 0 Å². The van der Waals surface area contributed by atoms with Gasteiger partial charge < -0.3 is 30.2 Å². The number of fused-ring (bicyclic) bond motifs is 10. The molecule has 5 aromatic heterocycles. The fourth-order valence-electron chi connectivity index (χ4n) is 21.9. The van der Waals surface area contributed by atoms with E-state index in [1.54, 1.807) is 0 Å². The van der Waals surface area contributed by atoms with Gasteiger partial charge in [0, 0.05) is 151 Å². The summed E-state index contributed by atoms with van der Waals surface area (Å²) in [6, 6.07) is 14.3. The average molecular weight is 1210 g/mol. The summed E-state index contributed by atoms with van der Waals surface area (Å²) in [6.07, 6.45) is 0.644. The molecule has 25 rings (SSSR count). The Balaban J connectivity index is 1.12. The van der Waals surface area contributed by atoms with Gasteiger partial charge in [-0.1, -0.05) is 38.5 Å². The molecule has 12 heteroatoms. The third-order valence-electron chi connectivity index (χ3n) is 24.6. The fraction of sp³-hybridized carbons (Fsp3) is 0.0976. The molecule has 22 aromatic rings. The van der Waals surface area contributed by atoms with Crippen molar-refractivity contribution in [2.45, 2.75) is 53.0 Å². The van der Waals surface area contributed by atoms with Crippen LogP contribution < -0.4 is 65.1 Å². The maximum atomic E-state index is 16.3. The van der Waals surface area contributed by atoms with Gasteiger partial charge in [-0.2, -0.15) is 0 Å². The molecule has 2 aliphatic carbocycles. The maximum Gasteiger partial charge on any atom is 0.256 e. The van der Waals surface area contributed by atoms with Gasteiger partial charge in [0.1, 0.15) is 0 Å². The summed E-state index contributed by atoms with van der Waals surface area (Å²) in [4.78, 5) is 109. The normalized spacial score (nSPS) is 16.4. The molecule has 3 aliphatic rings. The van der Waals surface area contributed by atoms with Gasteiger partial charge in [-0.05, 0) is 219 Å². The van der Waals surface area contributed by atoms with E-state index in [9.17, 15) is 4.79 Å². The van der Waals surface area contributed by atoms with Crippen molar-refractivity contribution in [1.82, 2.24) is 30.2 Å². The first-order valence-corrected chi connectivity index (χ1v) is 32.0. The van der Waals surface area contributed by atoms with Crippen molar-refractivity contribution in [1.29, 1.82) is 0 Å². The zero-order valence-corrected chi connectivity index (χ0v) is 50.9. The number of hydrogen-bond donors (Lipinski definition) is 6. The number of aromatic amines is 5. The van der Waals surface area contributed by atoms with Gasteiger partial charge in [0.25, 0.3) is 33.7 Å². The van der Waals surface area contributed by atoms with Crippen molar-refractivity contribution in [3.8, 4) is 0 Å². The molecule has 1 amide bonds. The fourth-order valence-corrected chi connectivity index (χ4v) is 21.9. The Morgan fingerprint density at radius 1 is 0.298 bits per heavy atom. The number of aromatic nitrogens is 5. The Morgan fingerprint density at radius 2 is 0.670 bits per heavy atom. The van der Waals surface area contributed by atoms with Crippen molar-refractivity contribution >= 4 is 271 Å². The third kappa shape index (κ3) is 4.32. The number of pyridine rings is 5. The molecule has 0 spiro atoms. The Kier molecular flexibility index (Phi) is 7.01. The highest BCUT2D eigenvalue weighted by atomic mass is 16.2. The quantitative estimate of drug-likeness (QED) is 0.0646. The molecule has 436 valence electrons. The Labute approximate surface area is 520 Å². The van der Waals surface area contributed by atoms with E-state index in [4.69, 9.17) is 13.2 Å². The number of benzene rings is 17. The van der Waals surface area contributed by atoms with Gasteiger partial charge >= 0.3 is 0 Å². The van der Waals surface area contributed by atoms with E-state index in [1.807, 2.05) is 19.9 Å². The summed E-state index contributed by atoms with van der Waals surface area (Å²) < 4.78 is 0. The number of carbonyl (C=O) groups excluding carboxylic acids is 1. The minimum Gasteiger partial charge on any atom is -0.345 e. The maximum absolute atomic E-state index is 16.3. The molecule has 6 N–H and O–H groups in total. The molecule has 12 nitrogen and oxygen atoms in total. The zero-order valence-electron chi connectivity index (χ0n) is 50.9. The van der Waals surface area contributed by atoms with Gasteiger partial charge in [0.05, 0.1) is 22.2 Å². The Bertz CT molecular complexity index is 8600. The van der Waals surface area contributed by atoms with Crippen LogP contribution in [0.25, 0.3) is 265 Å². The van der Waals surface area contributed by atoms with Crippen LogP contribution in [0.4, 0.5) is 0 Å². The molecule has 17 aromatic carbocycles. The molecule has 2 atom stereocenters. The second-order valence-corrected chi connectivity index (χ2v) is 28.6. The molecule has 6 heterocycles. The van der Waals surface area contributed by atoms with E-state index in [0.29, 0.717) is 76.4 Å². The van der Waals surface area contributed by atoms with Crippen molar-refractivity contribution in [3.05, 3.63) is 165 Å². The van der Waals surface area contributed by atoms with Crippen LogP contribution in [0.15, 0.2) is 66.4 Å². The van der Waals surface area contributed by atoms with E-state index in [0.717, 1.165) is 233 Å². The summed E-state index contributed by atoms with van der Waals surface area (Å²) in [5.41, 5.74) is 6.04. The van der Waals surface area contributed by atoms with Gasteiger partial charge in [-0.3, -0.25) is 28.8 Å². The van der Waals surface area contributed by atoms with Crippen LogP contribution in [0.1, 0.15) is 76.0 Å².